The predicted octanol–water partition coefficient (Wildman–Crippen LogP) is 3.80. The van der Waals surface area contributed by atoms with Crippen LogP contribution < -0.4 is 16.0 Å². The third-order valence-electron chi connectivity index (χ3n) is 6.17. The molecule has 0 spiro atoms. The summed E-state index contributed by atoms with van der Waals surface area (Å²) >= 11 is 0. The second-order valence-electron chi connectivity index (χ2n) is 8.57. The van der Waals surface area contributed by atoms with Crippen LogP contribution in [0, 0.1) is 0 Å². The van der Waals surface area contributed by atoms with Gasteiger partial charge in [0.25, 0.3) is 5.91 Å². The van der Waals surface area contributed by atoms with Crippen LogP contribution in [0.3, 0.4) is 0 Å². The summed E-state index contributed by atoms with van der Waals surface area (Å²) in [6, 6.07) is 11.5. The lowest BCUT2D eigenvalue weighted by atomic mass is 10.1. The SMILES string of the molecule is CC(CCCCN)n1c(NC(=O)c2cccc(C(=O)O)c2)nc2cccc(N3CCCC3=O)c21. The highest BCUT2D eigenvalue weighted by molar-refractivity contribution is 6.07. The van der Waals surface area contributed by atoms with Gasteiger partial charge < -0.3 is 20.3 Å². The van der Waals surface area contributed by atoms with Crippen LogP contribution in [0.25, 0.3) is 11.0 Å². The number of rotatable bonds is 9. The predicted molar refractivity (Wildman–Crippen MR) is 130 cm³/mol. The molecule has 34 heavy (non-hydrogen) atoms. The van der Waals surface area contributed by atoms with Gasteiger partial charge in [-0.15, -0.1) is 0 Å². The van der Waals surface area contributed by atoms with Gasteiger partial charge in [0, 0.05) is 24.6 Å². The van der Waals surface area contributed by atoms with Crippen molar-refractivity contribution in [3.63, 3.8) is 0 Å². The van der Waals surface area contributed by atoms with Crippen LogP contribution in [0.15, 0.2) is 42.5 Å². The molecule has 0 aliphatic carbocycles. The number of carboxylic acids is 1. The maximum absolute atomic E-state index is 13.1. The Kier molecular flexibility index (Phi) is 6.93. The molecule has 2 amide bonds. The number of imidazole rings is 1. The highest BCUT2D eigenvalue weighted by Gasteiger charge is 2.27. The summed E-state index contributed by atoms with van der Waals surface area (Å²) in [5.41, 5.74) is 8.20. The zero-order valence-corrected chi connectivity index (χ0v) is 19.2. The van der Waals surface area contributed by atoms with Gasteiger partial charge in [-0.05, 0) is 63.1 Å². The van der Waals surface area contributed by atoms with Crippen LogP contribution in [-0.2, 0) is 4.79 Å². The number of aromatic carboxylic acids is 1. The van der Waals surface area contributed by atoms with Gasteiger partial charge in [0.2, 0.25) is 11.9 Å². The van der Waals surface area contributed by atoms with Gasteiger partial charge in [-0.2, -0.15) is 0 Å². The number of nitrogens with one attached hydrogen (secondary N) is 1. The number of carbonyl (C=O) groups excluding carboxylic acids is 2. The van der Waals surface area contributed by atoms with Gasteiger partial charge in [0.05, 0.1) is 22.3 Å². The molecular formula is C25H29N5O4. The van der Waals surface area contributed by atoms with Crippen molar-refractivity contribution in [1.82, 2.24) is 9.55 Å². The van der Waals surface area contributed by atoms with Gasteiger partial charge in [-0.25, -0.2) is 9.78 Å². The molecular weight excluding hydrogens is 434 g/mol. The molecule has 1 saturated heterocycles. The average molecular weight is 464 g/mol. The van der Waals surface area contributed by atoms with Crippen molar-refractivity contribution in [2.45, 2.75) is 45.1 Å². The van der Waals surface area contributed by atoms with E-state index in [-0.39, 0.29) is 23.1 Å². The van der Waals surface area contributed by atoms with Crippen molar-refractivity contribution in [2.24, 2.45) is 5.73 Å². The lowest BCUT2D eigenvalue weighted by Crippen LogP contribution is -2.25. The van der Waals surface area contributed by atoms with Crippen LogP contribution in [-0.4, -0.2) is 45.5 Å². The van der Waals surface area contributed by atoms with Gasteiger partial charge in [-0.1, -0.05) is 18.6 Å². The fraction of sp³-hybridized carbons (Fsp3) is 0.360. The Balaban J connectivity index is 1.77. The van der Waals surface area contributed by atoms with Crippen LogP contribution >= 0.6 is 0 Å². The lowest BCUT2D eigenvalue weighted by molar-refractivity contribution is -0.117. The van der Waals surface area contributed by atoms with E-state index >= 15 is 0 Å². The summed E-state index contributed by atoms with van der Waals surface area (Å²) in [6.45, 7) is 3.31. The van der Waals surface area contributed by atoms with E-state index in [0.717, 1.165) is 36.9 Å². The number of carboxylic acid groups (broad SMARTS) is 1. The molecule has 9 heteroatoms. The third kappa shape index (κ3) is 4.65. The molecule has 1 aromatic heterocycles. The first kappa shape index (κ1) is 23.4. The molecule has 4 rings (SSSR count). The number of hydrogen-bond donors (Lipinski definition) is 3. The summed E-state index contributed by atoms with van der Waals surface area (Å²) in [7, 11) is 0. The normalized spacial score (nSPS) is 14.5. The van der Waals surface area contributed by atoms with Gasteiger partial charge in [-0.3, -0.25) is 14.9 Å². The fourth-order valence-corrected chi connectivity index (χ4v) is 4.45. The maximum atomic E-state index is 13.1. The van der Waals surface area contributed by atoms with Crippen molar-refractivity contribution >= 4 is 40.5 Å². The molecule has 1 aliphatic heterocycles. The average Bonchev–Trinajstić information content (AvgIpc) is 3.42. The van der Waals surface area contributed by atoms with E-state index < -0.39 is 11.9 Å². The molecule has 1 aliphatic rings. The van der Waals surface area contributed by atoms with E-state index in [1.165, 1.54) is 18.2 Å². The fourth-order valence-electron chi connectivity index (χ4n) is 4.45. The first-order valence-electron chi connectivity index (χ1n) is 11.6. The Morgan fingerprint density at radius 2 is 1.94 bits per heavy atom. The molecule has 2 heterocycles. The van der Waals surface area contributed by atoms with Gasteiger partial charge in [0.1, 0.15) is 0 Å². The molecule has 4 N–H and O–H groups in total. The topological polar surface area (TPSA) is 131 Å². The van der Waals surface area contributed by atoms with E-state index in [9.17, 15) is 19.5 Å². The number of fused-ring (bicyclic) bond motifs is 1. The monoisotopic (exact) mass is 463 g/mol. The number of hydrogen-bond acceptors (Lipinski definition) is 5. The van der Waals surface area contributed by atoms with Gasteiger partial charge in [0.15, 0.2) is 0 Å². The van der Waals surface area contributed by atoms with Crippen LogP contribution in [0.1, 0.15) is 65.8 Å². The lowest BCUT2D eigenvalue weighted by Gasteiger charge is -2.22. The number of benzene rings is 2. The summed E-state index contributed by atoms with van der Waals surface area (Å²) in [5.74, 6) is -1.12. The molecule has 0 bridgehead atoms. The quantitative estimate of drug-likeness (QED) is 0.414. The smallest absolute Gasteiger partial charge is 0.335 e. The van der Waals surface area contributed by atoms with Crippen molar-refractivity contribution < 1.29 is 19.5 Å². The highest BCUT2D eigenvalue weighted by Crippen LogP contribution is 2.35. The van der Waals surface area contributed by atoms with E-state index in [1.54, 1.807) is 11.0 Å². The second kappa shape index (κ2) is 10.0. The molecule has 1 fully saturated rings. The molecule has 1 atom stereocenters. The number of nitrogens with two attached hydrogens (primary N) is 1. The van der Waals surface area contributed by atoms with Crippen LogP contribution in [0.5, 0.6) is 0 Å². The zero-order valence-electron chi connectivity index (χ0n) is 19.2. The highest BCUT2D eigenvalue weighted by atomic mass is 16.4. The number of aromatic nitrogens is 2. The molecule has 2 aromatic carbocycles. The van der Waals surface area contributed by atoms with Crippen molar-refractivity contribution in [3.05, 3.63) is 53.6 Å². The second-order valence-corrected chi connectivity index (χ2v) is 8.57. The molecule has 3 aromatic rings. The summed E-state index contributed by atoms with van der Waals surface area (Å²) in [5, 5.41) is 12.1. The van der Waals surface area contributed by atoms with E-state index in [1.807, 2.05) is 22.8 Å². The Bertz CT molecular complexity index is 1240. The molecule has 1 unspecified atom stereocenters. The minimum Gasteiger partial charge on any atom is -0.478 e. The molecule has 178 valence electrons. The standard InChI is InChI=1S/C25H29N5O4/c1-16(7-2-3-13-26)30-22-19(10-5-11-20(22)29-14-6-12-21(29)31)27-25(30)28-23(32)17-8-4-9-18(15-17)24(33)34/h4-5,8-11,15-16H,2-3,6-7,12-14,26H2,1H3,(H,33,34)(H,27,28,32). The summed E-state index contributed by atoms with van der Waals surface area (Å²) in [4.78, 5) is 43.4. The van der Waals surface area contributed by atoms with Crippen LogP contribution in [0.4, 0.5) is 11.6 Å². The van der Waals surface area contributed by atoms with Crippen molar-refractivity contribution in [1.29, 1.82) is 0 Å². The Labute approximate surface area is 197 Å². The molecule has 0 radical (unpaired) electrons. The van der Waals surface area contributed by atoms with Crippen molar-refractivity contribution in [3.8, 4) is 0 Å². The van der Waals surface area contributed by atoms with Gasteiger partial charge >= 0.3 is 5.97 Å². The van der Waals surface area contributed by atoms with E-state index in [4.69, 9.17) is 10.7 Å². The Morgan fingerprint density at radius 1 is 1.18 bits per heavy atom. The third-order valence-corrected chi connectivity index (χ3v) is 6.17. The molecule has 0 saturated carbocycles. The maximum Gasteiger partial charge on any atom is 0.335 e. The first-order chi connectivity index (χ1) is 16.4. The van der Waals surface area contributed by atoms with E-state index in [2.05, 4.69) is 12.2 Å². The molecule has 9 nitrogen and oxygen atoms in total. The largest absolute Gasteiger partial charge is 0.478 e. The Hall–Kier alpha value is -3.72. The minimum absolute atomic E-state index is 0.0175. The number of anilines is 2. The summed E-state index contributed by atoms with van der Waals surface area (Å²) < 4.78 is 1.98. The van der Waals surface area contributed by atoms with Crippen molar-refractivity contribution in [2.75, 3.05) is 23.3 Å². The summed E-state index contributed by atoms with van der Waals surface area (Å²) in [6.07, 6.45) is 3.94. The zero-order chi connectivity index (χ0) is 24.2. The van der Waals surface area contributed by atoms with Crippen LogP contribution in [0.2, 0.25) is 0 Å². The van der Waals surface area contributed by atoms with E-state index in [0.29, 0.717) is 31.0 Å². The number of nitrogens with zero attached hydrogens (tertiary/aromatic N) is 3. The number of unbranched alkanes of at least 4 members (excludes halogenated alkanes) is 1. The number of carbonyl (C=O) groups is 3. The first-order valence-corrected chi connectivity index (χ1v) is 11.6. The Morgan fingerprint density at radius 3 is 2.65 bits per heavy atom. The number of amides is 2. The number of para-hydroxylation sites is 1. The minimum atomic E-state index is -1.10.